The molecule has 3 nitrogen and oxygen atoms in total. The van der Waals surface area contributed by atoms with Gasteiger partial charge in [-0.1, -0.05) is 29.3 Å². The van der Waals surface area contributed by atoms with Crippen LogP contribution >= 0.6 is 23.2 Å². The molecule has 0 amide bonds. The average Bonchev–Trinajstić information content (AvgIpc) is 2.36. The van der Waals surface area contributed by atoms with Crippen LogP contribution in [-0.4, -0.2) is 13.9 Å². The zero-order valence-corrected chi connectivity index (χ0v) is 14.3. The van der Waals surface area contributed by atoms with Crippen molar-refractivity contribution in [2.75, 3.05) is 0 Å². The van der Waals surface area contributed by atoms with E-state index in [1.54, 1.807) is 12.3 Å². The lowest BCUT2D eigenvalue weighted by Crippen LogP contribution is -2.35. The topological polar surface area (TPSA) is 42.0 Å². The molecule has 1 heterocycles. The Labute approximate surface area is 133 Å². The molecule has 0 aliphatic rings. The van der Waals surface area contributed by atoms with Crippen molar-refractivity contribution in [3.8, 4) is 0 Å². The van der Waals surface area contributed by atoms with E-state index >= 15 is 0 Å². The monoisotopic (exact) mass is 334 g/mol. The lowest BCUT2D eigenvalue weighted by Gasteiger charge is -2.25. The maximum Gasteiger partial charge on any atom is 0.147 e. The Bertz CT molecular complexity index is 500. The number of pyridine rings is 1. The van der Waals surface area contributed by atoms with Gasteiger partial charge < -0.3 is 0 Å². The van der Waals surface area contributed by atoms with Crippen molar-refractivity contribution in [3.63, 3.8) is 0 Å². The van der Waals surface area contributed by atoms with E-state index in [-0.39, 0.29) is 15.9 Å². The average molecular weight is 335 g/mol. The fourth-order valence-corrected chi connectivity index (χ4v) is 2.84. The molecule has 0 bridgehead atoms. The lowest BCUT2D eigenvalue weighted by atomic mass is 10.0. The van der Waals surface area contributed by atoms with Crippen molar-refractivity contribution in [2.45, 2.75) is 44.4 Å². The molecule has 1 N–H and O–H groups in total. The maximum atomic E-state index is 12.3. The first kappa shape index (κ1) is 17.6. The second-order valence-corrected chi connectivity index (χ2v) is 8.16. The van der Waals surface area contributed by atoms with E-state index < -0.39 is 11.0 Å². The number of allylic oxidation sites excluding steroid dienone is 1. The number of hydrogen-bond donors (Lipinski definition) is 1. The molecule has 0 fully saturated rings. The van der Waals surface area contributed by atoms with Gasteiger partial charge in [0.2, 0.25) is 0 Å². The largest absolute Gasteiger partial charge is 0.243 e. The molecule has 112 valence electrons. The number of halogens is 2. The third kappa shape index (κ3) is 4.85. The molecular weight excluding hydrogens is 315 g/mol. The highest BCUT2D eigenvalue weighted by Crippen LogP contribution is 2.31. The second-order valence-electron chi connectivity index (χ2n) is 5.42. The molecule has 0 aliphatic heterocycles. The van der Waals surface area contributed by atoms with E-state index in [1.807, 2.05) is 26.8 Å². The van der Waals surface area contributed by atoms with Gasteiger partial charge in [0.25, 0.3) is 0 Å². The molecule has 0 radical (unpaired) electrons. The van der Waals surface area contributed by atoms with Gasteiger partial charge in [0.15, 0.2) is 0 Å². The summed E-state index contributed by atoms with van der Waals surface area (Å²) in [4.78, 5) is 3.94. The molecule has 0 spiro atoms. The Hall–Kier alpha value is -0.420. The Morgan fingerprint density at radius 3 is 2.70 bits per heavy atom. The molecule has 0 saturated heterocycles. The van der Waals surface area contributed by atoms with E-state index in [9.17, 15) is 4.21 Å². The van der Waals surface area contributed by atoms with Crippen molar-refractivity contribution in [1.82, 2.24) is 9.71 Å². The number of rotatable bonds is 6. The summed E-state index contributed by atoms with van der Waals surface area (Å²) in [7, 11) is -1.19. The molecule has 0 aliphatic carbocycles. The van der Waals surface area contributed by atoms with Crippen LogP contribution in [0.4, 0.5) is 0 Å². The van der Waals surface area contributed by atoms with Gasteiger partial charge >= 0.3 is 0 Å². The summed E-state index contributed by atoms with van der Waals surface area (Å²) >= 11 is 12.2. The van der Waals surface area contributed by atoms with Crippen LogP contribution in [0.2, 0.25) is 10.2 Å². The van der Waals surface area contributed by atoms with Gasteiger partial charge in [-0.2, -0.15) is 0 Å². The summed E-state index contributed by atoms with van der Waals surface area (Å²) in [6.07, 6.45) is 4.96. The molecule has 2 atom stereocenters. The molecule has 0 aromatic carbocycles. The first-order valence-corrected chi connectivity index (χ1v) is 8.26. The summed E-state index contributed by atoms with van der Waals surface area (Å²) in [5.41, 5.74) is 0.811. The summed E-state index contributed by atoms with van der Waals surface area (Å²) in [6.45, 7) is 9.47. The Morgan fingerprint density at radius 1 is 1.50 bits per heavy atom. The van der Waals surface area contributed by atoms with Crippen LogP contribution in [0, 0.1) is 0 Å². The Kier molecular flexibility index (Phi) is 6.65. The van der Waals surface area contributed by atoms with Crippen LogP contribution < -0.4 is 4.72 Å². The standard InChI is InChI=1S/C14H20Cl2N2OS/c1-5-6-7-11(18-20(19)14(2,3)4)10-8-9-17-13(16)12(10)15/h5,8-9,11,18H,1,6-7H2,2-4H3/t11-,20+/m1/s1. The van der Waals surface area contributed by atoms with Crippen molar-refractivity contribution >= 4 is 34.2 Å². The minimum atomic E-state index is -1.19. The van der Waals surface area contributed by atoms with Crippen molar-refractivity contribution in [2.24, 2.45) is 0 Å². The van der Waals surface area contributed by atoms with E-state index in [0.717, 1.165) is 18.4 Å². The summed E-state index contributed by atoms with van der Waals surface area (Å²) in [5, 5.41) is 0.665. The SMILES string of the molecule is C=CCC[C@@H](N[S@@](=O)C(C)(C)C)c1ccnc(Cl)c1Cl. The van der Waals surface area contributed by atoms with Crippen molar-refractivity contribution in [3.05, 3.63) is 40.7 Å². The van der Waals surface area contributed by atoms with Crippen molar-refractivity contribution in [1.29, 1.82) is 0 Å². The molecule has 1 aromatic rings. The normalized spacial score (nSPS) is 14.8. The molecule has 1 aromatic heterocycles. The third-order valence-electron chi connectivity index (χ3n) is 2.72. The smallest absolute Gasteiger partial charge is 0.147 e. The fraction of sp³-hybridized carbons (Fsp3) is 0.500. The molecule has 20 heavy (non-hydrogen) atoms. The third-order valence-corrected chi connectivity index (χ3v) is 5.11. The van der Waals surface area contributed by atoms with Crippen LogP contribution in [0.5, 0.6) is 0 Å². The zero-order chi connectivity index (χ0) is 15.3. The van der Waals surface area contributed by atoms with Gasteiger partial charge in [0.1, 0.15) is 5.15 Å². The van der Waals surface area contributed by atoms with E-state index in [2.05, 4.69) is 16.3 Å². The summed E-state index contributed by atoms with van der Waals surface area (Å²) < 4.78 is 15.1. The van der Waals surface area contributed by atoms with E-state index in [1.165, 1.54) is 0 Å². The van der Waals surface area contributed by atoms with Crippen LogP contribution in [0.25, 0.3) is 0 Å². The first-order chi connectivity index (χ1) is 9.27. The number of nitrogens with zero attached hydrogens (tertiary/aromatic N) is 1. The first-order valence-electron chi connectivity index (χ1n) is 6.36. The van der Waals surface area contributed by atoms with Gasteiger partial charge in [-0.3, -0.25) is 0 Å². The van der Waals surface area contributed by atoms with Gasteiger partial charge in [0.05, 0.1) is 20.8 Å². The minimum Gasteiger partial charge on any atom is -0.243 e. The Morgan fingerprint density at radius 2 is 2.15 bits per heavy atom. The number of nitrogens with one attached hydrogen (secondary N) is 1. The Balaban J connectivity index is 3.03. The predicted molar refractivity (Wildman–Crippen MR) is 87.5 cm³/mol. The number of aromatic nitrogens is 1. The van der Waals surface area contributed by atoms with E-state index in [0.29, 0.717) is 5.02 Å². The van der Waals surface area contributed by atoms with Crippen LogP contribution in [-0.2, 0) is 11.0 Å². The highest BCUT2D eigenvalue weighted by Gasteiger charge is 2.25. The summed E-state index contributed by atoms with van der Waals surface area (Å²) in [5.74, 6) is 0. The van der Waals surface area contributed by atoms with Crippen LogP contribution in [0.1, 0.15) is 45.2 Å². The highest BCUT2D eigenvalue weighted by molar-refractivity contribution is 7.84. The lowest BCUT2D eigenvalue weighted by molar-refractivity contribution is 0.575. The van der Waals surface area contributed by atoms with Gasteiger partial charge in [-0.05, 0) is 45.2 Å². The van der Waals surface area contributed by atoms with Crippen molar-refractivity contribution < 1.29 is 4.21 Å². The molecular formula is C14H20Cl2N2OS. The van der Waals surface area contributed by atoms with Gasteiger partial charge in [0, 0.05) is 12.2 Å². The predicted octanol–water partition coefficient (Wildman–Crippen LogP) is 4.45. The van der Waals surface area contributed by atoms with Crippen LogP contribution in [0.15, 0.2) is 24.9 Å². The van der Waals surface area contributed by atoms with Crippen LogP contribution in [0.3, 0.4) is 0 Å². The molecule has 1 rings (SSSR count). The van der Waals surface area contributed by atoms with Gasteiger partial charge in [-0.15, -0.1) is 6.58 Å². The zero-order valence-electron chi connectivity index (χ0n) is 12.0. The second kappa shape index (κ2) is 7.55. The number of hydrogen-bond acceptors (Lipinski definition) is 2. The molecule has 6 heteroatoms. The minimum absolute atomic E-state index is 0.152. The quantitative estimate of drug-likeness (QED) is 0.616. The molecule has 0 saturated carbocycles. The highest BCUT2D eigenvalue weighted by atomic mass is 35.5. The van der Waals surface area contributed by atoms with Gasteiger partial charge in [-0.25, -0.2) is 13.9 Å². The van der Waals surface area contributed by atoms with E-state index in [4.69, 9.17) is 23.2 Å². The fourth-order valence-electron chi connectivity index (χ4n) is 1.57. The molecule has 0 unspecified atom stereocenters. The summed E-state index contributed by atoms with van der Waals surface area (Å²) in [6, 6.07) is 1.65. The maximum absolute atomic E-state index is 12.3.